The first-order valence-corrected chi connectivity index (χ1v) is 8.99. The van der Waals surface area contributed by atoms with E-state index in [0.29, 0.717) is 0 Å². The van der Waals surface area contributed by atoms with Crippen LogP contribution in [0.2, 0.25) is 0 Å². The molecule has 3 rings (SSSR count). The van der Waals surface area contributed by atoms with Crippen LogP contribution < -0.4 is 5.73 Å². The monoisotopic (exact) mass is 363 g/mol. The average Bonchev–Trinajstić information content (AvgIpc) is 2.68. The Balaban J connectivity index is 1.71. The van der Waals surface area contributed by atoms with Crippen LogP contribution in [0, 0.1) is 0 Å². The second-order valence-corrected chi connectivity index (χ2v) is 7.25. The van der Waals surface area contributed by atoms with Gasteiger partial charge in [-0.2, -0.15) is 0 Å². The molecule has 1 atom stereocenters. The highest BCUT2D eigenvalue weighted by Gasteiger charge is 2.17. The summed E-state index contributed by atoms with van der Waals surface area (Å²) >= 11 is 5.21. The van der Waals surface area contributed by atoms with Crippen molar-refractivity contribution in [3.05, 3.63) is 52.0 Å². The van der Waals surface area contributed by atoms with Crippen molar-refractivity contribution < 1.29 is 0 Å². The number of aryl methyl sites for hydroxylation is 1. The fourth-order valence-electron chi connectivity index (χ4n) is 2.54. The maximum atomic E-state index is 6.19. The van der Waals surface area contributed by atoms with Crippen LogP contribution in [0.5, 0.6) is 0 Å². The Kier molecular flexibility index (Phi) is 4.93. The van der Waals surface area contributed by atoms with Crippen molar-refractivity contribution in [1.29, 1.82) is 0 Å². The third-order valence-electron chi connectivity index (χ3n) is 3.71. The van der Waals surface area contributed by atoms with Gasteiger partial charge in [0.2, 0.25) is 0 Å². The first-order valence-electron chi connectivity index (χ1n) is 7.21. The van der Waals surface area contributed by atoms with E-state index in [1.807, 2.05) is 6.20 Å². The standard InChI is InChI=1S/C16H18BrN3S/c17-11-5-7-12(8-6-11)21-10-16-19-9-13-14(18)3-1-2-4-15(13)20-16/h5-9,14H,1-4,10,18H2. The van der Waals surface area contributed by atoms with Gasteiger partial charge < -0.3 is 5.73 Å². The molecule has 0 fully saturated rings. The summed E-state index contributed by atoms with van der Waals surface area (Å²) in [5.74, 6) is 1.69. The van der Waals surface area contributed by atoms with E-state index in [-0.39, 0.29) is 6.04 Å². The van der Waals surface area contributed by atoms with E-state index in [1.165, 1.54) is 17.7 Å². The minimum absolute atomic E-state index is 0.107. The molecule has 1 aromatic heterocycles. The summed E-state index contributed by atoms with van der Waals surface area (Å²) in [5, 5.41) is 0. The number of rotatable bonds is 3. The highest BCUT2D eigenvalue weighted by atomic mass is 79.9. The Hall–Kier alpha value is -0.910. The Morgan fingerprint density at radius 2 is 2.05 bits per heavy atom. The number of fused-ring (bicyclic) bond motifs is 1. The molecule has 0 aliphatic heterocycles. The van der Waals surface area contributed by atoms with Crippen molar-refractivity contribution in [2.24, 2.45) is 5.73 Å². The molecule has 0 spiro atoms. The molecule has 1 heterocycles. The number of thioether (sulfide) groups is 1. The lowest BCUT2D eigenvalue weighted by Gasteiger charge is -2.12. The van der Waals surface area contributed by atoms with Gasteiger partial charge in [0, 0.05) is 32.9 Å². The molecule has 0 radical (unpaired) electrons. The van der Waals surface area contributed by atoms with Crippen molar-refractivity contribution >= 4 is 27.7 Å². The summed E-state index contributed by atoms with van der Waals surface area (Å²) in [5.41, 5.74) is 8.48. The first-order chi connectivity index (χ1) is 10.2. The molecule has 1 aliphatic carbocycles. The number of hydrogen-bond donors (Lipinski definition) is 1. The van der Waals surface area contributed by atoms with Crippen molar-refractivity contribution in [2.45, 2.75) is 42.4 Å². The van der Waals surface area contributed by atoms with Crippen LogP contribution in [0.3, 0.4) is 0 Å². The molecule has 2 N–H and O–H groups in total. The number of nitrogens with zero attached hydrogens (tertiary/aromatic N) is 2. The van der Waals surface area contributed by atoms with Crippen molar-refractivity contribution in [1.82, 2.24) is 9.97 Å². The van der Waals surface area contributed by atoms with Gasteiger partial charge in [-0.1, -0.05) is 22.4 Å². The molecule has 110 valence electrons. The molecule has 3 nitrogen and oxygen atoms in total. The average molecular weight is 364 g/mol. The summed E-state index contributed by atoms with van der Waals surface area (Å²) in [7, 11) is 0. The Morgan fingerprint density at radius 3 is 2.86 bits per heavy atom. The fraction of sp³-hybridized carbons (Fsp3) is 0.375. The minimum atomic E-state index is 0.107. The smallest absolute Gasteiger partial charge is 0.138 e. The highest BCUT2D eigenvalue weighted by molar-refractivity contribution is 9.10. The zero-order valence-corrected chi connectivity index (χ0v) is 14.2. The van der Waals surface area contributed by atoms with Crippen LogP contribution >= 0.6 is 27.7 Å². The normalized spacial score (nSPS) is 18.1. The van der Waals surface area contributed by atoms with Crippen LogP contribution in [-0.2, 0) is 12.2 Å². The summed E-state index contributed by atoms with van der Waals surface area (Å²) in [6.07, 6.45) is 6.37. The van der Waals surface area contributed by atoms with Crippen molar-refractivity contribution in [2.75, 3.05) is 0 Å². The highest BCUT2D eigenvalue weighted by Crippen LogP contribution is 2.27. The van der Waals surface area contributed by atoms with Gasteiger partial charge in [-0.15, -0.1) is 11.8 Å². The van der Waals surface area contributed by atoms with E-state index >= 15 is 0 Å². The van der Waals surface area contributed by atoms with Crippen molar-refractivity contribution in [3.63, 3.8) is 0 Å². The van der Waals surface area contributed by atoms with E-state index in [4.69, 9.17) is 10.7 Å². The maximum absolute atomic E-state index is 6.19. The second-order valence-electron chi connectivity index (χ2n) is 5.28. The van der Waals surface area contributed by atoms with E-state index in [1.54, 1.807) is 11.8 Å². The predicted molar refractivity (Wildman–Crippen MR) is 90.2 cm³/mol. The van der Waals surface area contributed by atoms with Gasteiger partial charge in [-0.05, 0) is 43.5 Å². The molecule has 1 aromatic carbocycles. The number of aromatic nitrogens is 2. The molecule has 0 bridgehead atoms. The van der Waals surface area contributed by atoms with Gasteiger partial charge in [0.15, 0.2) is 0 Å². The summed E-state index contributed by atoms with van der Waals surface area (Å²) in [4.78, 5) is 10.5. The summed E-state index contributed by atoms with van der Waals surface area (Å²) in [6, 6.07) is 8.43. The quantitative estimate of drug-likeness (QED) is 0.653. The summed E-state index contributed by atoms with van der Waals surface area (Å²) in [6.45, 7) is 0. The zero-order valence-electron chi connectivity index (χ0n) is 11.8. The number of halogens is 1. The van der Waals surface area contributed by atoms with E-state index in [0.717, 1.165) is 40.1 Å². The van der Waals surface area contributed by atoms with Gasteiger partial charge in [-0.25, -0.2) is 9.97 Å². The molecule has 1 aliphatic rings. The maximum Gasteiger partial charge on any atom is 0.138 e. The number of nitrogens with two attached hydrogens (primary N) is 1. The SMILES string of the molecule is NC1CCCCc2nc(CSc3ccc(Br)cc3)ncc21. The third kappa shape index (κ3) is 3.84. The van der Waals surface area contributed by atoms with Crippen LogP contribution in [0.25, 0.3) is 0 Å². The van der Waals surface area contributed by atoms with E-state index in [2.05, 4.69) is 45.2 Å². The Labute approximate surface area is 137 Å². The molecule has 0 saturated heterocycles. The molecular weight excluding hydrogens is 346 g/mol. The molecular formula is C16H18BrN3S. The third-order valence-corrected chi connectivity index (χ3v) is 5.25. The minimum Gasteiger partial charge on any atom is -0.324 e. The molecule has 0 amide bonds. The predicted octanol–water partition coefficient (Wildman–Crippen LogP) is 4.26. The van der Waals surface area contributed by atoms with Gasteiger partial charge in [0.05, 0.1) is 5.75 Å². The lowest BCUT2D eigenvalue weighted by Crippen LogP contribution is -2.13. The molecule has 2 aromatic rings. The summed E-state index contributed by atoms with van der Waals surface area (Å²) < 4.78 is 1.10. The topological polar surface area (TPSA) is 51.8 Å². The van der Waals surface area contributed by atoms with Crippen LogP contribution in [0.15, 0.2) is 39.8 Å². The molecule has 21 heavy (non-hydrogen) atoms. The van der Waals surface area contributed by atoms with Gasteiger partial charge >= 0.3 is 0 Å². The Morgan fingerprint density at radius 1 is 1.24 bits per heavy atom. The number of hydrogen-bond acceptors (Lipinski definition) is 4. The molecule has 5 heteroatoms. The second kappa shape index (κ2) is 6.90. The van der Waals surface area contributed by atoms with Crippen molar-refractivity contribution in [3.8, 4) is 0 Å². The lowest BCUT2D eigenvalue weighted by molar-refractivity contribution is 0.614. The van der Waals surface area contributed by atoms with Crippen LogP contribution in [0.4, 0.5) is 0 Å². The first kappa shape index (κ1) is 15.0. The van der Waals surface area contributed by atoms with Crippen LogP contribution in [0.1, 0.15) is 42.4 Å². The van der Waals surface area contributed by atoms with E-state index in [9.17, 15) is 0 Å². The largest absolute Gasteiger partial charge is 0.324 e. The fourth-order valence-corrected chi connectivity index (χ4v) is 3.57. The van der Waals surface area contributed by atoms with Gasteiger partial charge in [0.25, 0.3) is 0 Å². The number of benzene rings is 1. The molecule has 1 unspecified atom stereocenters. The van der Waals surface area contributed by atoms with Gasteiger partial charge in [-0.3, -0.25) is 0 Å². The van der Waals surface area contributed by atoms with Gasteiger partial charge in [0.1, 0.15) is 5.82 Å². The zero-order chi connectivity index (χ0) is 14.7. The van der Waals surface area contributed by atoms with Crippen LogP contribution in [-0.4, -0.2) is 9.97 Å². The van der Waals surface area contributed by atoms with E-state index < -0.39 is 0 Å². The lowest BCUT2D eigenvalue weighted by atomic mass is 10.1. The Bertz CT molecular complexity index is 615. The molecule has 0 saturated carbocycles.